The molecule has 0 fully saturated rings. The average Bonchev–Trinajstić information content (AvgIpc) is 3.36. The van der Waals surface area contributed by atoms with E-state index in [0.29, 0.717) is 73.0 Å². The molecule has 0 radical (unpaired) electrons. The molecular weight excluding hydrogens is 937 g/mol. The van der Waals surface area contributed by atoms with Gasteiger partial charge in [0.25, 0.3) is 0 Å². The lowest BCUT2D eigenvalue weighted by molar-refractivity contribution is -0.142. The number of hydrogen-bond donors (Lipinski definition) is 2. The molecule has 0 amide bonds. The molecule has 6 rings (SSSR count). The highest BCUT2D eigenvalue weighted by molar-refractivity contribution is 7.16. The minimum Gasteiger partial charge on any atom is -0.496 e. The molecule has 6 aromatic rings. The monoisotopic (exact) mass is 1010 g/mol. The summed E-state index contributed by atoms with van der Waals surface area (Å²) in [6.07, 6.45) is 8.99. The van der Waals surface area contributed by atoms with Crippen LogP contribution in [0.5, 0.6) is 23.0 Å². The number of carbonyl (C=O) groups excluding carboxylic acids is 1. The highest BCUT2D eigenvalue weighted by Crippen LogP contribution is 2.35. The summed E-state index contributed by atoms with van der Waals surface area (Å²) in [6, 6.07) is 27.6. The molecule has 2 unspecified atom stereocenters. The lowest BCUT2D eigenvalue weighted by Gasteiger charge is -2.22. The minimum atomic E-state index is -1.07. The molecule has 0 saturated heterocycles. The van der Waals surface area contributed by atoms with Crippen molar-refractivity contribution in [2.45, 2.75) is 123 Å². The molecule has 11 nitrogen and oxygen atoms in total. The first-order valence-electron chi connectivity index (χ1n) is 25.0. The van der Waals surface area contributed by atoms with E-state index in [-0.39, 0.29) is 40.8 Å². The zero-order valence-electron chi connectivity index (χ0n) is 41.9. The van der Waals surface area contributed by atoms with E-state index in [9.17, 15) is 24.6 Å². The van der Waals surface area contributed by atoms with E-state index in [2.05, 4.69) is 32.6 Å². The summed E-state index contributed by atoms with van der Waals surface area (Å²) in [5.41, 5.74) is 5.40. The van der Waals surface area contributed by atoms with Crippen molar-refractivity contribution in [3.8, 4) is 45.3 Å². The summed E-state index contributed by atoms with van der Waals surface area (Å²) in [5, 5.41) is 23.0. The Bertz CT molecular complexity index is 2650. The fourth-order valence-electron chi connectivity index (χ4n) is 8.43. The number of carbonyl (C=O) groups is 1. The molecule has 2 aromatic heterocycles. The van der Waals surface area contributed by atoms with Crippen molar-refractivity contribution in [1.29, 1.82) is 0 Å². The van der Waals surface area contributed by atoms with Crippen LogP contribution in [-0.4, -0.2) is 75.1 Å². The van der Waals surface area contributed by atoms with Crippen LogP contribution in [0.3, 0.4) is 0 Å². The van der Waals surface area contributed by atoms with Gasteiger partial charge in [0.05, 0.1) is 52.4 Å². The molecule has 0 aliphatic carbocycles. The van der Waals surface area contributed by atoms with Gasteiger partial charge in [-0.2, -0.15) is 0 Å². The van der Waals surface area contributed by atoms with E-state index < -0.39 is 18.2 Å². The van der Waals surface area contributed by atoms with Crippen molar-refractivity contribution in [2.24, 2.45) is 0 Å². The molecule has 71 heavy (non-hydrogen) atoms. The number of aliphatic hydroxyl groups is 2. The van der Waals surface area contributed by atoms with Gasteiger partial charge in [-0.15, -0.1) is 0 Å². The lowest BCUT2D eigenvalue weighted by Crippen LogP contribution is -2.29. The number of aryl methyl sites for hydroxylation is 2. The van der Waals surface area contributed by atoms with Crippen molar-refractivity contribution in [3.05, 3.63) is 127 Å². The summed E-state index contributed by atoms with van der Waals surface area (Å²) in [5.74, 6) is 2.10. The molecule has 0 aliphatic rings. The number of benzene rings is 4. The van der Waals surface area contributed by atoms with Gasteiger partial charge >= 0.3 is 5.97 Å². The SMILES string of the molecule is C=C(C)C(=O)OCC(O)CC(O)COC(CCCOc1ccc2cc(-c3ccc(CCCCC)cc3OC)c(=O)sc2c1)CCCOc1ccc2cc(-c3ccc(CCCCC)cc3OC)c(=O)sc2c1. The number of fused-ring (bicyclic) bond motifs is 2. The number of unbranched alkanes of at least 4 members (excludes halogenated alkanes) is 4. The molecule has 4 aromatic carbocycles. The Morgan fingerprint density at radius 2 is 1.08 bits per heavy atom. The van der Waals surface area contributed by atoms with Crippen LogP contribution in [0.15, 0.2) is 107 Å². The largest absolute Gasteiger partial charge is 0.496 e. The zero-order valence-corrected chi connectivity index (χ0v) is 43.6. The maximum atomic E-state index is 13.5. The Kier molecular flexibility index (Phi) is 21.5. The Morgan fingerprint density at radius 1 is 0.606 bits per heavy atom. The highest BCUT2D eigenvalue weighted by atomic mass is 32.1. The lowest BCUT2D eigenvalue weighted by atomic mass is 10.0. The van der Waals surface area contributed by atoms with Gasteiger partial charge in [-0.25, -0.2) is 4.79 Å². The van der Waals surface area contributed by atoms with Gasteiger partial charge in [-0.1, -0.05) is 93.0 Å². The summed E-state index contributed by atoms with van der Waals surface area (Å²) in [4.78, 5) is 38.8. The van der Waals surface area contributed by atoms with E-state index >= 15 is 0 Å². The summed E-state index contributed by atoms with van der Waals surface area (Å²) >= 11 is 2.37. The molecule has 0 saturated carbocycles. The van der Waals surface area contributed by atoms with Crippen LogP contribution in [0.4, 0.5) is 0 Å². The standard InChI is InChI=1S/C58H70O11S2/c1-7-9-11-15-39-19-25-48(52(29-39)64-5)50-31-41-21-23-46(34-54(41)70-57(50)62)66-27-13-17-45(68-36-43(59)33-44(60)37-69-56(61)38(3)4)18-14-28-67-47-24-22-42-32-51(58(63)71-55(42)35-47)49-26-20-40(16-12-10-8-2)30-53(49)65-6/h19-26,29-32,34-35,43-45,59-60H,3,7-18,27-28,33,36-37H2,1-2,4-6H3. The fraction of sp³-hybridized carbons (Fsp3) is 0.431. The van der Waals surface area contributed by atoms with Gasteiger partial charge < -0.3 is 38.6 Å². The van der Waals surface area contributed by atoms with Crippen molar-refractivity contribution in [2.75, 3.05) is 40.6 Å². The maximum absolute atomic E-state index is 13.5. The minimum absolute atomic E-state index is 0.0288. The molecule has 0 bridgehead atoms. The van der Waals surface area contributed by atoms with Gasteiger partial charge in [0.2, 0.25) is 9.48 Å². The Labute approximate surface area is 426 Å². The van der Waals surface area contributed by atoms with Crippen LogP contribution < -0.4 is 28.4 Å². The van der Waals surface area contributed by atoms with Gasteiger partial charge in [-0.05, 0) is 141 Å². The number of rotatable bonds is 30. The maximum Gasteiger partial charge on any atom is 0.333 e. The third-order valence-corrected chi connectivity index (χ3v) is 14.3. The third-order valence-electron chi connectivity index (χ3n) is 12.4. The van der Waals surface area contributed by atoms with Crippen molar-refractivity contribution in [1.82, 2.24) is 0 Å². The van der Waals surface area contributed by atoms with Crippen molar-refractivity contribution >= 4 is 48.8 Å². The number of ether oxygens (including phenoxy) is 6. The predicted molar refractivity (Wildman–Crippen MR) is 288 cm³/mol. The van der Waals surface area contributed by atoms with Crippen LogP contribution in [0.1, 0.15) is 103 Å². The molecule has 2 heterocycles. The van der Waals surface area contributed by atoms with E-state index in [4.69, 9.17) is 28.4 Å². The number of esters is 1. The first kappa shape index (κ1) is 54.8. The summed E-state index contributed by atoms with van der Waals surface area (Å²) in [6.45, 7) is 9.95. The third kappa shape index (κ3) is 16.2. The molecule has 0 spiro atoms. The van der Waals surface area contributed by atoms with Crippen LogP contribution in [-0.2, 0) is 27.1 Å². The van der Waals surface area contributed by atoms with Crippen LogP contribution in [0.2, 0.25) is 0 Å². The van der Waals surface area contributed by atoms with Gasteiger partial charge in [0.1, 0.15) is 29.6 Å². The van der Waals surface area contributed by atoms with E-state index in [1.54, 1.807) is 14.2 Å². The molecular formula is C58H70O11S2. The Balaban J connectivity index is 1.05. The second-order valence-corrected chi connectivity index (χ2v) is 20.2. The molecule has 380 valence electrons. The van der Waals surface area contributed by atoms with Gasteiger partial charge in [-0.3, -0.25) is 9.59 Å². The van der Waals surface area contributed by atoms with Crippen molar-refractivity contribution < 1.29 is 43.4 Å². The summed E-state index contributed by atoms with van der Waals surface area (Å²) in [7, 11) is 3.28. The van der Waals surface area contributed by atoms with E-state index in [1.807, 2.05) is 72.8 Å². The number of methoxy groups -OCH3 is 2. The highest BCUT2D eigenvalue weighted by Gasteiger charge is 2.19. The quantitative estimate of drug-likeness (QED) is 0.0252. The van der Waals surface area contributed by atoms with Crippen LogP contribution in [0.25, 0.3) is 42.4 Å². The fourth-order valence-corrected chi connectivity index (χ4v) is 10.2. The summed E-state index contributed by atoms with van der Waals surface area (Å²) < 4.78 is 36.7. The van der Waals surface area contributed by atoms with Gasteiger partial charge in [0, 0.05) is 43.6 Å². The average molecular weight is 1010 g/mol. The number of aliphatic hydroxyl groups excluding tert-OH is 2. The molecule has 2 atom stereocenters. The normalized spacial score (nSPS) is 12.3. The first-order chi connectivity index (χ1) is 34.4. The van der Waals surface area contributed by atoms with Crippen LogP contribution in [0, 0.1) is 0 Å². The second-order valence-electron chi connectivity index (χ2n) is 18.1. The molecule has 13 heteroatoms. The number of hydrogen-bond acceptors (Lipinski definition) is 13. The Hall–Kier alpha value is -5.57. The van der Waals surface area contributed by atoms with E-state index in [0.717, 1.165) is 69.8 Å². The predicted octanol–water partition coefficient (Wildman–Crippen LogP) is 12.3. The topological polar surface area (TPSA) is 147 Å². The molecule has 2 N–H and O–H groups in total. The van der Waals surface area contributed by atoms with E-state index in [1.165, 1.54) is 53.6 Å². The molecule has 0 aliphatic heterocycles. The van der Waals surface area contributed by atoms with Crippen LogP contribution >= 0.6 is 22.7 Å². The van der Waals surface area contributed by atoms with Crippen molar-refractivity contribution in [3.63, 3.8) is 0 Å². The smallest absolute Gasteiger partial charge is 0.333 e. The first-order valence-corrected chi connectivity index (χ1v) is 26.6. The Morgan fingerprint density at radius 3 is 1.54 bits per heavy atom. The van der Waals surface area contributed by atoms with Gasteiger partial charge in [0.15, 0.2) is 0 Å². The second kappa shape index (κ2) is 27.9. The zero-order chi connectivity index (χ0) is 50.7.